The number of carbonyl (C=O) groups excluding carboxylic acids is 2. The van der Waals surface area contributed by atoms with Crippen LogP contribution in [0.5, 0.6) is 0 Å². The largest absolute Gasteiger partial charge is 0.466 e. The zero-order valence-electron chi connectivity index (χ0n) is 17.4. The van der Waals surface area contributed by atoms with Crippen LogP contribution in [0, 0.1) is 5.41 Å². The predicted molar refractivity (Wildman–Crippen MR) is 109 cm³/mol. The lowest BCUT2D eigenvalue weighted by atomic mass is 9.78. The van der Waals surface area contributed by atoms with Gasteiger partial charge >= 0.3 is 12.1 Å². The molecule has 1 fully saturated rings. The van der Waals surface area contributed by atoms with Crippen molar-refractivity contribution in [2.45, 2.75) is 46.1 Å². The molecule has 29 heavy (non-hydrogen) atoms. The standard InChI is InChI=1S/C20H29N5O4/c1-5-28-17(26)20(12-22-18(27)29-19(2,3)4)7-10-25(11-8-20)16-14-6-9-21-15(14)23-13-24-16/h6,9,13H,5,7-8,10-12H2,1-4H3,(H,22,27)(H,21,23,24). The molecule has 0 unspecified atom stereocenters. The SMILES string of the molecule is CCOC(=O)C1(CNC(=O)OC(C)(C)C)CCN(c2ncnc3[nH]ccc23)CC1. The third-order valence-electron chi connectivity index (χ3n) is 5.03. The van der Waals surface area contributed by atoms with Crippen LogP contribution >= 0.6 is 0 Å². The number of carbonyl (C=O) groups is 2. The molecule has 1 saturated heterocycles. The van der Waals surface area contributed by atoms with Gasteiger partial charge in [-0.2, -0.15) is 0 Å². The summed E-state index contributed by atoms with van der Waals surface area (Å²) in [6.45, 7) is 8.90. The first-order chi connectivity index (χ1) is 13.7. The molecule has 0 aliphatic carbocycles. The molecule has 1 aliphatic rings. The van der Waals surface area contributed by atoms with Crippen molar-refractivity contribution in [2.75, 3.05) is 31.1 Å². The molecule has 0 atom stereocenters. The summed E-state index contributed by atoms with van der Waals surface area (Å²) >= 11 is 0. The Morgan fingerprint density at radius 3 is 2.66 bits per heavy atom. The van der Waals surface area contributed by atoms with Crippen molar-refractivity contribution in [3.05, 3.63) is 18.6 Å². The maximum Gasteiger partial charge on any atom is 0.407 e. The molecule has 1 aliphatic heterocycles. The third kappa shape index (κ3) is 4.78. The predicted octanol–water partition coefficient (Wildman–Crippen LogP) is 2.63. The monoisotopic (exact) mass is 403 g/mol. The lowest BCUT2D eigenvalue weighted by molar-refractivity contribution is -0.156. The van der Waals surface area contributed by atoms with Crippen LogP contribution in [0.15, 0.2) is 18.6 Å². The van der Waals surface area contributed by atoms with E-state index in [4.69, 9.17) is 9.47 Å². The second-order valence-electron chi connectivity index (χ2n) is 8.28. The quantitative estimate of drug-likeness (QED) is 0.739. The number of nitrogens with zero attached hydrogens (tertiary/aromatic N) is 3. The molecule has 0 aromatic carbocycles. The van der Waals surface area contributed by atoms with E-state index in [9.17, 15) is 9.59 Å². The zero-order chi connectivity index (χ0) is 21.1. The Morgan fingerprint density at radius 2 is 2.00 bits per heavy atom. The Kier molecular flexibility index (Phi) is 5.95. The minimum Gasteiger partial charge on any atom is -0.466 e. The fraction of sp³-hybridized carbons (Fsp3) is 0.600. The van der Waals surface area contributed by atoms with Gasteiger partial charge in [-0.25, -0.2) is 14.8 Å². The average molecular weight is 403 g/mol. The van der Waals surface area contributed by atoms with Crippen molar-refractivity contribution in [1.82, 2.24) is 20.3 Å². The molecular formula is C20H29N5O4. The molecule has 9 heteroatoms. The van der Waals surface area contributed by atoms with Crippen LogP contribution in [-0.4, -0.2) is 58.9 Å². The normalized spacial score (nSPS) is 16.5. The number of aromatic nitrogens is 3. The van der Waals surface area contributed by atoms with Crippen molar-refractivity contribution in [3.8, 4) is 0 Å². The van der Waals surface area contributed by atoms with Gasteiger partial charge < -0.3 is 24.7 Å². The van der Waals surface area contributed by atoms with Crippen molar-refractivity contribution in [2.24, 2.45) is 5.41 Å². The Balaban J connectivity index is 1.72. The highest BCUT2D eigenvalue weighted by atomic mass is 16.6. The number of fused-ring (bicyclic) bond motifs is 1. The highest BCUT2D eigenvalue weighted by molar-refractivity contribution is 5.87. The summed E-state index contributed by atoms with van der Waals surface area (Å²) in [7, 11) is 0. The van der Waals surface area contributed by atoms with E-state index in [0.29, 0.717) is 32.5 Å². The van der Waals surface area contributed by atoms with Gasteiger partial charge in [0.2, 0.25) is 0 Å². The van der Waals surface area contributed by atoms with Crippen molar-refractivity contribution in [1.29, 1.82) is 0 Å². The van der Waals surface area contributed by atoms with Gasteiger partial charge in [0.15, 0.2) is 0 Å². The fourth-order valence-electron chi connectivity index (χ4n) is 3.55. The molecule has 9 nitrogen and oxygen atoms in total. The number of hydrogen-bond donors (Lipinski definition) is 2. The van der Waals surface area contributed by atoms with E-state index in [-0.39, 0.29) is 12.5 Å². The maximum atomic E-state index is 12.8. The van der Waals surface area contributed by atoms with Crippen LogP contribution in [0.4, 0.5) is 10.6 Å². The van der Waals surface area contributed by atoms with Crippen LogP contribution in [-0.2, 0) is 14.3 Å². The Bertz CT molecular complexity index is 865. The van der Waals surface area contributed by atoms with Crippen LogP contribution in [0.3, 0.4) is 0 Å². The fourth-order valence-corrected chi connectivity index (χ4v) is 3.55. The molecular weight excluding hydrogens is 374 g/mol. The second-order valence-corrected chi connectivity index (χ2v) is 8.28. The Labute approximate surface area is 170 Å². The first-order valence-electron chi connectivity index (χ1n) is 9.91. The molecule has 0 spiro atoms. The van der Waals surface area contributed by atoms with E-state index in [1.807, 2.05) is 12.3 Å². The van der Waals surface area contributed by atoms with Gasteiger partial charge in [0.1, 0.15) is 23.4 Å². The summed E-state index contributed by atoms with van der Waals surface area (Å²) in [4.78, 5) is 38.8. The molecule has 1 amide bonds. The molecule has 2 aromatic heterocycles. The van der Waals surface area contributed by atoms with Crippen LogP contribution < -0.4 is 10.2 Å². The summed E-state index contributed by atoms with van der Waals surface area (Å²) in [6, 6.07) is 1.95. The maximum absolute atomic E-state index is 12.8. The molecule has 2 aromatic rings. The van der Waals surface area contributed by atoms with E-state index < -0.39 is 17.1 Å². The zero-order valence-corrected chi connectivity index (χ0v) is 17.4. The van der Waals surface area contributed by atoms with Crippen LogP contribution in [0.1, 0.15) is 40.5 Å². The number of nitrogens with one attached hydrogen (secondary N) is 2. The van der Waals surface area contributed by atoms with Gasteiger partial charge in [0.05, 0.1) is 17.4 Å². The van der Waals surface area contributed by atoms with Gasteiger partial charge in [-0.05, 0) is 46.6 Å². The number of ether oxygens (including phenoxy) is 2. The van der Waals surface area contributed by atoms with Gasteiger partial charge in [-0.15, -0.1) is 0 Å². The van der Waals surface area contributed by atoms with E-state index in [0.717, 1.165) is 16.9 Å². The lowest BCUT2D eigenvalue weighted by Crippen LogP contribution is -2.51. The molecule has 0 saturated carbocycles. The number of amides is 1. The van der Waals surface area contributed by atoms with E-state index in [1.54, 1.807) is 27.7 Å². The number of piperidine rings is 1. The first kappa shape index (κ1) is 20.9. The summed E-state index contributed by atoms with van der Waals surface area (Å²) in [5.41, 5.74) is -0.600. The summed E-state index contributed by atoms with van der Waals surface area (Å²) < 4.78 is 10.6. The van der Waals surface area contributed by atoms with Gasteiger partial charge in [0.25, 0.3) is 0 Å². The van der Waals surface area contributed by atoms with Crippen molar-refractivity contribution in [3.63, 3.8) is 0 Å². The first-order valence-corrected chi connectivity index (χ1v) is 9.91. The number of H-pyrrole nitrogens is 1. The van der Waals surface area contributed by atoms with Gasteiger partial charge in [-0.3, -0.25) is 4.79 Å². The number of aromatic amines is 1. The molecule has 2 N–H and O–H groups in total. The number of anilines is 1. The van der Waals surface area contributed by atoms with E-state index in [2.05, 4.69) is 25.2 Å². The molecule has 0 bridgehead atoms. The number of esters is 1. The number of hydrogen-bond acceptors (Lipinski definition) is 7. The average Bonchev–Trinajstić information content (AvgIpc) is 3.14. The highest BCUT2D eigenvalue weighted by Crippen LogP contribution is 2.35. The van der Waals surface area contributed by atoms with Crippen LogP contribution in [0.2, 0.25) is 0 Å². The number of alkyl carbamates (subject to hydrolysis) is 1. The van der Waals surface area contributed by atoms with Crippen molar-refractivity contribution >= 4 is 28.9 Å². The topological polar surface area (TPSA) is 109 Å². The Morgan fingerprint density at radius 1 is 1.28 bits per heavy atom. The molecule has 0 radical (unpaired) electrons. The smallest absolute Gasteiger partial charge is 0.407 e. The molecule has 3 rings (SSSR count). The Hall–Kier alpha value is -2.84. The number of rotatable bonds is 5. The van der Waals surface area contributed by atoms with Gasteiger partial charge in [0, 0.05) is 25.8 Å². The minimum atomic E-state index is -0.784. The highest BCUT2D eigenvalue weighted by Gasteiger charge is 2.43. The summed E-state index contributed by atoms with van der Waals surface area (Å²) in [5, 5.41) is 3.71. The van der Waals surface area contributed by atoms with E-state index in [1.165, 1.54) is 6.33 Å². The van der Waals surface area contributed by atoms with E-state index >= 15 is 0 Å². The summed E-state index contributed by atoms with van der Waals surface area (Å²) in [6.07, 6.45) is 3.91. The third-order valence-corrected chi connectivity index (χ3v) is 5.03. The molecule has 158 valence electrons. The summed E-state index contributed by atoms with van der Waals surface area (Å²) in [5.74, 6) is 0.555. The minimum absolute atomic E-state index is 0.178. The van der Waals surface area contributed by atoms with Gasteiger partial charge in [-0.1, -0.05) is 0 Å². The second kappa shape index (κ2) is 8.26. The van der Waals surface area contributed by atoms with Crippen molar-refractivity contribution < 1.29 is 19.1 Å². The molecule has 3 heterocycles. The van der Waals surface area contributed by atoms with Crippen LogP contribution in [0.25, 0.3) is 11.0 Å². The lowest BCUT2D eigenvalue weighted by Gasteiger charge is -2.40.